The fourth-order valence-corrected chi connectivity index (χ4v) is 2.34. The Morgan fingerprint density at radius 3 is 2.28 bits per heavy atom. The van der Waals surface area contributed by atoms with Crippen LogP contribution >= 0.6 is 0 Å². The lowest BCUT2D eigenvalue weighted by molar-refractivity contribution is -0.145. The highest BCUT2D eigenvalue weighted by Crippen LogP contribution is 2.17. The predicted octanol–water partition coefficient (Wildman–Crippen LogP) is 4.61. The number of rotatable bonds is 10. The molecule has 0 spiro atoms. The van der Waals surface area contributed by atoms with Crippen LogP contribution in [0.4, 0.5) is 4.39 Å². The minimum Gasteiger partial charge on any atom is -0.494 e. The van der Waals surface area contributed by atoms with E-state index in [1.807, 2.05) is 19.1 Å². The van der Waals surface area contributed by atoms with Gasteiger partial charge in [0.2, 0.25) is 0 Å². The molecule has 2 aromatic rings. The second kappa shape index (κ2) is 9.67. The lowest BCUT2D eigenvalue weighted by Crippen LogP contribution is -2.26. The van der Waals surface area contributed by atoms with E-state index < -0.39 is 12.1 Å². The number of benzene rings is 2. The number of hydrogen-bond acceptors (Lipinski definition) is 3. The number of carboxylic acid groups (broad SMARTS) is 1. The van der Waals surface area contributed by atoms with Crippen molar-refractivity contribution in [2.45, 2.75) is 38.7 Å². The average Bonchev–Trinajstić information content (AvgIpc) is 2.60. The largest absolute Gasteiger partial charge is 0.494 e. The monoisotopic (exact) mass is 346 g/mol. The molecule has 0 aliphatic rings. The van der Waals surface area contributed by atoms with Gasteiger partial charge in [0.1, 0.15) is 17.3 Å². The standard InChI is InChI=1S/C20H23FO4/c1-15-6-10-18(11-7-15)25-19(20(22)23)5-3-2-4-14-24-17-12-8-16(21)9-13-17/h6-13,19H,2-5,14H2,1H3,(H,22,23). The minimum atomic E-state index is -0.955. The SMILES string of the molecule is Cc1ccc(OC(CCCCCOc2ccc(F)cc2)C(=O)O)cc1. The molecule has 25 heavy (non-hydrogen) atoms. The zero-order valence-corrected chi connectivity index (χ0v) is 14.3. The smallest absolute Gasteiger partial charge is 0.344 e. The molecule has 0 bridgehead atoms. The molecule has 4 nitrogen and oxygen atoms in total. The Labute approximate surface area is 147 Å². The molecule has 0 amide bonds. The van der Waals surface area contributed by atoms with Gasteiger partial charge in [-0.05, 0) is 69.0 Å². The number of carboxylic acids is 1. The van der Waals surface area contributed by atoms with Crippen LogP contribution in [-0.4, -0.2) is 23.8 Å². The first-order valence-electron chi connectivity index (χ1n) is 8.39. The van der Waals surface area contributed by atoms with Crippen molar-refractivity contribution >= 4 is 5.97 Å². The van der Waals surface area contributed by atoms with Crippen molar-refractivity contribution in [3.63, 3.8) is 0 Å². The Hall–Kier alpha value is -2.56. The highest BCUT2D eigenvalue weighted by Gasteiger charge is 2.18. The van der Waals surface area contributed by atoms with Crippen LogP contribution < -0.4 is 9.47 Å². The zero-order chi connectivity index (χ0) is 18.1. The first-order valence-corrected chi connectivity index (χ1v) is 8.39. The van der Waals surface area contributed by atoms with Crippen LogP contribution in [0.15, 0.2) is 48.5 Å². The van der Waals surface area contributed by atoms with Crippen molar-refractivity contribution in [3.05, 3.63) is 59.9 Å². The van der Waals surface area contributed by atoms with Gasteiger partial charge in [-0.3, -0.25) is 0 Å². The Kier molecular flexibility index (Phi) is 7.26. The van der Waals surface area contributed by atoms with Crippen LogP contribution in [0.1, 0.15) is 31.2 Å². The third-order valence-corrected chi connectivity index (χ3v) is 3.77. The summed E-state index contributed by atoms with van der Waals surface area (Å²) in [6, 6.07) is 13.2. The second-order valence-corrected chi connectivity index (χ2v) is 5.91. The average molecular weight is 346 g/mol. The van der Waals surface area contributed by atoms with Gasteiger partial charge in [0.15, 0.2) is 6.10 Å². The molecule has 0 aromatic heterocycles. The van der Waals surface area contributed by atoms with E-state index in [9.17, 15) is 14.3 Å². The summed E-state index contributed by atoms with van der Waals surface area (Å²) < 4.78 is 23.8. The van der Waals surface area contributed by atoms with Gasteiger partial charge in [0, 0.05) is 0 Å². The maximum Gasteiger partial charge on any atom is 0.344 e. The molecule has 0 radical (unpaired) electrons. The molecule has 0 fully saturated rings. The summed E-state index contributed by atoms with van der Waals surface area (Å²) in [5, 5.41) is 9.28. The van der Waals surface area contributed by atoms with E-state index >= 15 is 0 Å². The Bertz CT molecular complexity index is 652. The van der Waals surface area contributed by atoms with Crippen LogP contribution in [0.5, 0.6) is 11.5 Å². The van der Waals surface area contributed by atoms with Gasteiger partial charge < -0.3 is 14.6 Å². The summed E-state index contributed by atoms with van der Waals surface area (Å²) in [6.07, 6.45) is 1.96. The van der Waals surface area contributed by atoms with E-state index in [1.165, 1.54) is 12.1 Å². The highest BCUT2D eigenvalue weighted by atomic mass is 19.1. The third-order valence-electron chi connectivity index (χ3n) is 3.77. The van der Waals surface area contributed by atoms with E-state index in [4.69, 9.17) is 9.47 Å². The molecule has 2 aromatic carbocycles. The molecule has 1 atom stereocenters. The van der Waals surface area contributed by atoms with Crippen molar-refractivity contribution < 1.29 is 23.8 Å². The maximum atomic E-state index is 12.8. The van der Waals surface area contributed by atoms with E-state index in [1.54, 1.807) is 24.3 Å². The Morgan fingerprint density at radius 1 is 1.00 bits per heavy atom. The van der Waals surface area contributed by atoms with Gasteiger partial charge in [-0.1, -0.05) is 17.7 Å². The third kappa shape index (κ3) is 6.83. The van der Waals surface area contributed by atoms with Crippen molar-refractivity contribution in [1.82, 2.24) is 0 Å². The summed E-state index contributed by atoms with van der Waals surface area (Å²) in [4.78, 5) is 11.3. The number of hydrogen-bond donors (Lipinski definition) is 1. The van der Waals surface area contributed by atoms with Crippen LogP contribution in [0.3, 0.4) is 0 Å². The molecule has 134 valence electrons. The van der Waals surface area contributed by atoms with Crippen molar-refractivity contribution in [2.75, 3.05) is 6.61 Å². The van der Waals surface area contributed by atoms with Gasteiger partial charge in [0.05, 0.1) is 6.61 Å². The van der Waals surface area contributed by atoms with E-state index in [-0.39, 0.29) is 5.82 Å². The van der Waals surface area contributed by atoms with E-state index in [0.29, 0.717) is 24.5 Å². The number of carbonyl (C=O) groups is 1. The highest BCUT2D eigenvalue weighted by molar-refractivity contribution is 5.72. The molecule has 0 saturated carbocycles. The molecule has 1 unspecified atom stereocenters. The van der Waals surface area contributed by atoms with Gasteiger partial charge in [0.25, 0.3) is 0 Å². The van der Waals surface area contributed by atoms with Crippen molar-refractivity contribution in [2.24, 2.45) is 0 Å². The summed E-state index contributed by atoms with van der Waals surface area (Å²) in [6.45, 7) is 2.48. The van der Waals surface area contributed by atoms with E-state index in [2.05, 4.69) is 0 Å². The summed E-state index contributed by atoms with van der Waals surface area (Å²) >= 11 is 0. The summed E-state index contributed by atoms with van der Waals surface area (Å²) in [7, 11) is 0. The molecule has 1 N–H and O–H groups in total. The van der Waals surface area contributed by atoms with Crippen molar-refractivity contribution in [1.29, 1.82) is 0 Å². The number of unbranched alkanes of at least 4 members (excludes halogenated alkanes) is 2. The number of ether oxygens (including phenoxy) is 2. The first kappa shape index (κ1) is 18.8. The molecule has 0 saturated heterocycles. The van der Waals surface area contributed by atoms with Gasteiger partial charge >= 0.3 is 5.97 Å². The number of aliphatic carboxylic acids is 1. The Balaban J connectivity index is 1.66. The van der Waals surface area contributed by atoms with Crippen LogP contribution in [0.2, 0.25) is 0 Å². The lowest BCUT2D eigenvalue weighted by Gasteiger charge is -2.15. The van der Waals surface area contributed by atoms with Gasteiger partial charge in [-0.15, -0.1) is 0 Å². The van der Waals surface area contributed by atoms with Crippen LogP contribution in [0.25, 0.3) is 0 Å². The lowest BCUT2D eigenvalue weighted by atomic mass is 10.1. The first-order chi connectivity index (χ1) is 12.0. The second-order valence-electron chi connectivity index (χ2n) is 5.91. The maximum absolute atomic E-state index is 12.8. The van der Waals surface area contributed by atoms with Gasteiger partial charge in [-0.25, -0.2) is 9.18 Å². The molecule has 2 rings (SSSR count). The number of halogens is 1. The zero-order valence-electron chi connectivity index (χ0n) is 14.3. The minimum absolute atomic E-state index is 0.291. The molecule has 0 heterocycles. The molecule has 5 heteroatoms. The number of aryl methyl sites for hydroxylation is 1. The quantitative estimate of drug-likeness (QED) is 0.639. The van der Waals surface area contributed by atoms with E-state index in [0.717, 1.165) is 24.8 Å². The van der Waals surface area contributed by atoms with Crippen molar-refractivity contribution in [3.8, 4) is 11.5 Å². The van der Waals surface area contributed by atoms with Crippen LogP contribution in [-0.2, 0) is 4.79 Å². The predicted molar refractivity (Wildman–Crippen MR) is 93.6 cm³/mol. The fourth-order valence-electron chi connectivity index (χ4n) is 2.34. The van der Waals surface area contributed by atoms with Crippen LogP contribution in [0, 0.1) is 12.7 Å². The molecule has 0 aliphatic carbocycles. The molecular weight excluding hydrogens is 323 g/mol. The normalized spacial score (nSPS) is 11.8. The topological polar surface area (TPSA) is 55.8 Å². The molecule has 0 aliphatic heterocycles. The summed E-state index contributed by atoms with van der Waals surface area (Å²) in [5.74, 6) is -0.0473. The Morgan fingerprint density at radius 2 is 1.64 bits per heavy atom. The van der Waals surface area contributed by atoms with Gasteiger partial charge in [-0.2, -0.15) is 0 Å². The summed E-state index contributed by atoms with van der Waals surface area (Å²) in [5.41, 5.74) is 1.10. The molecular formula is C20H23FO4. The fraction of sp³-hybridized carbons (Fsp3) is 0.350.